The van der Waals surface area contributed by atoms with Gasteiger partial charge in [-0.25, -0.2) is 0 Å². The largest absolute Gasteiger partial charge is 0.497 e. The number of nitrogens with one attached hydrogen (secondary N) is 1. The van der Waals surface area contributed by atoms with E-state index in [1.807, 2.05) is 32.0 Å². The van der Waals surface area contributed by atoms with Crippen LogP contribution in [0.15, 0.2) is 18.2 Å². The van der Waals surface area contributed by atoms with Crippen LogP contribution < -0.4 is 9.47 Å². The van der Waals surface area contributed by atoms with Gasteiger partial charge in [-0.15, -0.1) is 0 Å². The standard InChI is InChI=1S/C14H16N2O2S/c1-8-9(2)14(19)16-15-13(8)10-5-11(17-3)7-12(6-10)18-4/h5-7H,1-4H3,(H,16,19). The summed E-state index contributed by atoms with van der Waals surface area (Å²) in [6.45, 7) is 3.99. The van der Waals surface area contributed by atoms with E-state index in [4.69, 9.17) is 21.7 Å². The highest BCUT2D eigenvalue weighted by Gasteiger charge is 2.10. The van der Waals surface area contributed by atoms with Gasteiger partial charge in [0.2, 0.25) is 0 Å². The fraction of sp³-hybridized carbons (Fsp3) is 0.286. The molecule has 0 saturated carbocycles. The highest BCUT2D eigenvalue weighted by Crippen LogP contribution is 2.30. The maximum Gasteiger partial charge on any atom is 0.123 e. The smallest absolute Gasteiger partial charge is 0.123 e. The van der Waals surface area contributed by atoms with Gasteiger partial charge in [0, 0.05) is 11.6 Å². The van der Waals surface area contributed by atoms with Crippen LogP contribution in [0, 0.1) is 18.5 Å². The summed E-state index contributed by atoms with van der Waals surface area (Å²) >= 11 is 5.18. The summed E-state index contributed by atoms with van der Waals surface area (Å²) in [6, 6.07) is 5.68. The van der Waals surface area contributed by atoms with E-state index in [1.165, 1.54) is 0 Å². The van der Waals surface area contributed by atoms with Gasteiger partial charge in [0.15, 0.2) is 0 Å². The lowest BCUT2D eigenvalue weighted by Gasteiger charge is -2.11. The Morgan fingerprint density at radius 3 is 2.11 bits per heavy atom. The third-order valence-corrected chi connectivity index (χ3v) is 3.55. The Morgan fingerprint density at radius 1 is 1.00 bits per heavy atom. The molecule has 0 fully saturated rings. The Hall–Kier alpha value is -1.88. The van der Waals surface area contributed by atoms with E-state index in [0.717, 1.165) is 33.9 Å². The summed E-state index contributed by atoms with van der Waals surface area (Å²) < 4.78 is 11.2. The molecule has 1 N–H and O–H groups in total. The number of aromatic amines is 1. The van der Waals surface area contributed by atoms with Crippen LogP contribution in [0.5, 0.6) is 11.5 Å². The second-order valence-electron chi connectivity index (χ2n) is 4.25. The number of hydrogen-bond donors (Lipinski definition) is 1. The quantitative estimate of drug-likeness (QED) is 0.872. The topological polar surface area (TPSA) is 47.1 Å². The van der Waals surface area contributed by atoms with Crippen molar-refractivity contribution in [2.75, 3.05) is 14.2 Å². The second-order valence-corrected chi connectivity index (χ2v) is 4.66. The van der Waals surface area contributed by atoms with Crippen LogP contribution in [0.4, 0.5) is 0 Å². The number of hydrogen-bond acceptors (Lipinski definition) is 4. The van der Waals surface area contributed by atoms with Crippen LogP contribution in [0.2, 0.25) is 0 Å². The molecule has 0 aliphatic heterocycles. The van der Waals surface area contributed by atoms with Gasteiger partial charge in [0.1, 0.15) is 16.1 Å². The third kappa shape index (κ3) is 2.61. The van der Waals surface area contributed by atoms with Crippen LogP contribution in [0.3, 0.4) is 0 Å². The van der Waals surface area contributed by atoms with Gasteiger partial charge in [-0.05, 0) is 37.1 Å². The number of aromatic nitrogens is 2. The fourth-order valence-electron chi connectivity index (χ4n) is 1.85. The van der Waals surface area contributed by atoms with Crippen molar-refractivity contribution in [2.24, 2.45) is 0 Å². The number of nitrogens with zero attached hydrogens (tertiary/aromatic N) is 1. The van der Waals surface area contributed by atoms with E-state index in [2.05, 4.69) is 10.2 Å². The maximum absolute atomic E-state index is 5.27. The minimum absolute atomic E-state index is 0.663. The average Bonchev–Trinajstić information content (AvgIpc) is 2.44. The van der Waals surface area contributed by atoms with E-state index < -0.39 is 0 Å². The molecule has 0 aliphatic carbocycles. The van der Waals surface area contributed by atoms with Gasteiger partial charge in [0.05, 0.1) is 19.9 Å². The van der Waals surface area contributed by atoms with Crippen LogP contribution in [-0.4, -0.2) is 24.4 Å². The van der Waals surface area contributed by atoms with E-state index >= 15 is 0 Å². The summed E-state index contributed by atoms with van der Waals surface area (Å²) in [7, 11) is 3.26. The average molecular weight is 276 g/mol. The Labute approximate surface area is 117 Å². The summed E-state index contributed by atoms with van der Waals surface area (Å²) in [5.41, 5.74) is 3.87. The molecule has 0 saturated heterocycles. The molecule has 1 heterocycles. The maximum atomic E-state index is 5.27. The molecule has 2 rings (SSSR count). The zero-order valence-electron chi connectivity index (χ0n) is 11.4. The van der Waals surface area contributed by atoms with Crippen molar-refractivity contribution >= 4 is 12.2 Å². The number of methoxy groups -OCH3 is 2. The van der Waals surface area contributed by atoms with Gasteiger partial charge in [-0.3, -0.25) is 5.10 Å². The molecule has 4 nitrogen and oxygen atoms in total. The Kier molecular flexibility index (Phi) is 3.85. The van der Waals surface area contributed by atoms with Crippen molar-refractivity contribution in [3.05, 3.63) is 34.0 Å². The van der Waals surface area contributed by atoms with Gasteiger partial charge in [-0.1, -0.05) is 12.2 Å². The molecule has 1 aromatic heterocycles. The predicted octanol–water partition coefficient (Wildman–Crippen LogP) is 3.44. The molecule has 0 spiro atoms. The van der Waals surface area contributed by atoms with Crippen molar-refractivity contribution in [3.63, 3.8) is 0 Å². The van der Waals surface area contributed by atoms with Crippen molar-refractivity contribution < 1.29 is 9.47 Å². The summed E-state index contributed by atoms with van der Waals surface area (Å²) in [5, 5.41) is 7.19. The minimum Gasteiger partial charge on any atom is -0.497 e. The zero-order chi connectivity index (χ0) is 14.0. The monoisotopic (exact) mass is 276 g/mol. The molecule has 2 aromatic rings. The first-order chi connectivity index (χ1) is 9.06. The van der Waals surface area contributed by atoms with Gasteiger partial charge >= 0.3 is 0 Å². The molecule has 0 atom stereocenters. The molecule has 19 heavy (non-hydrogen) atoms. The summed E-state index contributed by atoms with van der Waals surface area (Å²) in [6.07, 6.45) is 0. The molecule has 0 unspecified atom stereocenters. The number of benzene rings is 1. The normalized spacial score (nSPS) is 10.3. The highest BCUT2D eigenvalue weighted by molar-refractivity contribution is 7.71. The lowest BCUT2D eigenvalue weighted by Crippen LogP contribution is -1.97. The second kappa shape index (κ2) is 5.40. The Morgan fingerprint density at radius 2 is 1.58 bits per heavy atom. The van der Waals surface area contributed by atoms with Crippen molar-refractivity contribution in [1.82, 2.24) is 10.2 Å². The molecular formula is C14H16N2O2S. The number of ether oxygens (including phenoxy) is 2. The van der Waals surface area contributed by atoms with E-state index in [9.17, 15) is 0 Å². The van der Waals surface area contributed by atoms with Crippen LogP contribution in [0.25, 0.3) is 11.3 Å². The molecule has 0 radical (unpaired) electrons. The van der Waals surface area contributed by atoms with Crippen LogP contribution >= 0.6 is 12.2 Å². The van der Waals surface area contributed by atoms with Crippen LogP contribution in [0.1, 0.15) is 11.1 Å². The molecule has 5 heteroatoms. The Bertz CT molecular complexity index is 643. The molecule has 1 aromatic carbocycles. The summed E-state index contributed by atoms with van der Waals surface area (Å²) in [5.74, 6) is 1.46. The molecule has 100 valence electrons. The molecule has 0 amide bonds. The lowest BCUT2D eigenvalue weighted by atomic mass is 10.0. The SMILES string of the molecule is COc1cc(OC)cc(-c2n[nH]c(=S)c(C)c2C)c1. The zero-order valence-corrected chi connectivity index (χ0v) is 12.2. The molecule has 0 aliphatic rings. The first kappa shape index (κ1) is 13.5. The van der Waals surface area contributed by atoms with Crippen LogP contribution in [-0.2, 0) is 0 Å². The summed E-state index contributed by atoms with van der Waals surface area (Å²) in [4.78, 5) is 0. The fourth-order valence-corrected chi connectivity index (χ4v) is 2.05. The highest BCUT2D eigenvalue weighted by atomic mass is 32.1. The van der Waals surface area contributed by atoms with Gasteiger partial charge in [0.25, 0.3) is 0 Å². The lowest BCUT2D eigenvalue weighted by molar-refractivity contribution is 0.394. The predicted molar refractivity (Wildman–Crippen MR) is 77.4 cm³/mol. The first-order valence-electron chi connectivity index (χ1n) is 5.86. The molecule has 0 bridgehead atoms. The van der Waals surface area contributed by atoms with E-state index in [1.54, 1.807) is 14.2 Å². The first-order valence-corrected chi connectivity index (χ1v) is 6.27. The third-order valence-electron chi connectivity index (χ3n) is 3.15. The van der Waals surface area contributed by atoms with E-state index in [-0.39, 0.29) is 0 Å². The number of H-pyrrole nitrogens is 1. The van der Waals surface area contributed by atoms with E-state index in [0.29, 0.717) is 4.64 Å². The van der Waals surface area contributed by atoms with Crippen molar-refractivity contribution in [3.8, 4) is 22.8 Å². The van der Waals surface area contributed by atoms with Gasteiger partial charge < -0.3 is 9.47 Å². The van der Waals surface area contributed by atoms with Gasteiger partial charge in [-0.2, -0.15) is 5.10 Å². The molecular weight excluding hydrogens is 260 g/mol. The number of rotatable bonds is 3. The Balaban J connectivity index is 2.64. The van der Waals surface area contributed by atoms with Crippen molar-refractivity contribution in [2.45, 2.75) is 13.8 Å². The van der Waals surface area contributed by atoms with Crippen molar-refractivity contribution in [1.29, 1.82) is 0 Å². The minimum atomic E-state index is 0.663.